The third-order valence-corrected chi connectivity index (χ3v) is 4.78. The molecule has 14 heavy (non-hydrogen) atoms. The van der Waals surface area contributed by atoms with E-state index in [1.165, 1.54) is 23.5 Å². The molecule has 0 bridgehead atoms. The lowest BCUT2D eigenvalue weighted by atomic mass is 9.83. The van der Waals surface area contributed by atoms with Crippen molar-refractivity contribution in [3.63, 3.8) is 0 Å². The second-order valence-electron chi connectivity index (χ2n) is 4.82. The predicted octanol–water partition coefficient (Wildman–Crippen LogP) is 3.95. The summed E-state index contributed by atoms with van der Waals surface area (Å²) in [5, 5.41) is 1.33. The van der Waals surface area contributed by atoms with Gasteiger partial charge in [-0.15, -0.1) is 11.3 Å². The maximum Gasteiger partial charge on any atom is 0.0956 e. The Bertz CT molecular complexity index is 327. The van der Waals surface area contributed by atoms with Crippen molar-refractivity contribution in [2.45, 2.75) is 52.4 Å². The molecule has 1 aliphatic rings. The Morgan fingerprint density at radius 1 is 1.36 bits per heavy atom. The van der Waals surface area contributed by atoms with Crippen molar-refractivity contribution in [2.24, 2.45) is 5.92 Å². The van der Waals surface area contributed by atoms with Crippen LogP contribution < -0.4 is 0 Å². The van der Waals surface area contributed by atoms with Crippen LogP contribution in [0, 0.1) is 5.92 Å². The van der Waals surface area contributed by atoms with Gasteiger partial charge in [0.1, 0.15) is 0 Å². The first-order valence-corrected chi connectivity index (χ1v) is 6.40. The molecular weight excluding hydrogens is 190 g/mol. The van der Waals surface area contributed by atoms with Gasteiger partial charge >= 0.3 is 0 Å². The Morgan fingerprint density at radius 3 is 2.71 bits per heavy atom. The molecule has 1 aliphatic carbocycles. The molecule has 2 rings (SSSR count). The number of hydrogen-bond acceptors (Lipinski definition) is 2. The molecule has 2 atom stereocenters. The van der Waals surface area contributed by atoms with E-state index in [4.69, 9.17) is 4.98 Å². The Hall–Kier alpha value is -0.370. The molecule has 0 saturated carbocycles. The summed E-state index contributed by atoms with van der Waals surface area (Å²) in [6.07, 6.45) is 2.60. The third-order valence-electron chi connectivity index (χ3n) is 3.35. The van der Waals surface area contributed by atoms with Gasteiger partial charge in [0, 0.05) is 16.7 Å². The molecule has 0 fully saturated rings. The van der Waals surface area contributed by atoms with Gasteiger partial charge in [0.25, 0.3) is 0 Å². The lowest BCUT2D eigenvalue weighted by Gasteiger charge is -2.24. The summed E-state index contributed by atoms with van der Waals surface area (Å²) in [5.74, 6) is 2.07. The molecule has 2 heteroatoms. The lowest BCUT2D eigenvalue weighted by molar-refractivity contribution is 0.421. The molecule has 1 aromatic rings. The van der Waals surface area contributed by atoms with Gasteiger partial charge in [-0.25, -0.2) is 4.98 Å². The van der Waals surface area contributed by atoms with E-state index in [1.807, 2.05) is 11.3 Å². The number of rotatable bonds is 1. The summed E-state index contributed by atoms with van der Waals surface area (Å²) in [6.45, 7) is 9.14. The minimum Gasteiger partial charge on any atom is -0.245 e. The van der Waals surface area contributed by atoms with E-state index < -0.39 is 0 Å². The van der Waals surface area contributed by atoms with Gasteiger partial charge in [0.05, 0.1) is 10.7 Å². The molecule has 0 radical (unpaired) electrons. The summed E-state index contributed by atoms with van der Waals surface area (Å²) >= 11 is 1.94. The molecule has 0 aromatic carbocycles. The van der Waals surface area contributed by atoms with Gasteiger partial charge in [-0.3, -0.25) is 0 Å². The number of fused-ring (bicyclic) bond motifs is 1. The van der Waals surface area contributed by atoms with Crippen molar-refractivity contribution in [1.29, 1.82) is 0 Å². The summed E-state index contributed by atoms with van der Waals surface area (Å²) in [7, 11) is 0. The van der Waals surface area contributed by atoms with Gasteiger partial charge in [-0.05, 0) is 18.8 Å². The zero-order chi connectivity index (χ0) is 10.3. The van der Waals surface area contributed by atoms with E-state index in [0.717, 1.165) is 5.92 Å². The van der Waals surface area contributed by atoms with Crippen molar-refractivity contribution in [2.75, 3.05) is 0 Å². The fourth-order valence-corrected chi connectivity index (χ4v) is 3.23. The van der Waals surface area contributed by atoms with Crippen molar-refractivity contribution >= 4 is 11.3 Å². The first-order chi connectivity index (χ1) is 6.59. The molecule has 2 unspecified atom stereocenters. The van der Waals surface area contributed by atoms with Crippen molar-refractivity contribution in [3.05, 3.63) is 15.6 Å². The van der Waals surface area contributed by atoms with Crippen LogP contribution in [0.3, 0.4) is 0 Å². The minimum absolute atomic E-state index is 0.591. The van der Waals surface area contributed by atoms with Crippen LogP contribution in [-0.2, 0) is 6.42 Å². The zero-order valence-electron chi connectivity index (χ0n) is 9.50. The fraction of sp³-hybridized carbons (Fsp3) is 0.750. The Balaban J connectivity index is 2.36. The monoisotopic (exact) mass is 209 g/mol. The number of hydrogen-bond donors (Lipinski definition) is 0. The highest BCUT2D eigenvalue weighted by atomic mass is 32.1. The zero-order valence-corrected chi connectivity index (χ0v) is 10.3. The number of aryl methyl sites for hydroxylation is 1. The van der Waals surface area contributed by atoms with Crippen LogP contribution >= 0.6 is 11.3 Å². The predicted molar refractivity (Wildman–Crippen MR) is 62.1 cm³/mol. The normalized spacial score (nSPS) is 26.6. The Morgan fingerprint density at radius 2 is 2.07 bits per heavy atom. The lowest BCUT2D eigenvalue weighted by Crippen LogP contribution is -2.14. The van der Waals surface area contributed by atoms with Crippen LogP contribution in [0.5, 0.6) is 0 Å². The van der Waals surface area contributed by atoms with E-state index in [0.29, 0.717) is 11.8 Å². The Kier molecular flexibility index (Phi) is 2.65. The van der Waals surface area contributed by atoms with Gasteiger partial charge in [-0.1, -0.05) is 27.7 Å². The van der Waals surface area contributed by atoms with E-state index in [-0.39, 0.29) is 0 Å². The molecule has 0 amide bonds. The molecule has 0 spiro atoms. The maximum absolute atomic E-state index is 4.80. The minimum atomic E-state index is 0.591. The van der Waals surface area contributed by atoms with Crippen molar-refractivity contribution in [3.8, 4) is 0 Å². The van der Waals surface area contributed by atoms with Gasteiger partial charge in [-0.2, -0.15) is 0 Å². The number of thiazole rings is 1. The van der Waals surface area contributed by atoms with Crippen LogP contribution in [0.2, 0.25) is 0 Å². The van der Waals surface area contributed by atoms with Crippen LogP contribution in [0.4, 0.5) is 0 Å². The fourth-order valence-electron chi connectivity index (χ4n) is 2.04. The van der Waals surface area contributed by atoms with Crippen molar-refractivity contribution in [1.82, 2.24) is 4.98 Å². The quantitative estimate of drug-likeness (QED) is 0.682. The number of nitrogens with zero attached hydrogens (tertiary/aromatic N) is 1. The molecule has 0 aliphatic heterocycles. The summed E-state index contributed by atoms with van der Waals surface area (Å²) in [5.41, 5.74) is 1.40. The standard InChI is InChI=1S/C12H19NS/c1-7(2)12-13-11-9(4)8(3)5-6-10(11)14-12/h7-9H,5-6H2,1-4H3. The Labute approximate surface area is 90.6 Å². The highest BCUT2D eigenvalue weighted by Crippen LogP contribution is 2.39. The van der Waals surface area contributed by atoms with Crippen LogP contribution in [0.1, 0.15) is 61.5 Å². The van der Waals surface area contributed by atoms with E-state index >= 15 is 0 Å². The molecular formula is C12H19NS. The maximum atomic E-state index is 4.80. The molecule has 0 N–H and O–H groups in total. The highest BCUT2D eigenvalue weighted by molar-refractivity contribution is 7.11. The van der Waals surface area contributed by atoms with Crippen LogP contribution in [0.25, 0.3) is 0 Å². The molecule has 0 saturated heterocycles. The third kappa shape index (κ3) is 1.60. The summed E-state index contributed by atoms with van der Waals surface area (Å²) < 4.78 is 0. The van der Waals surface area contributed by atoms with Gasteiger partial charge < -0.3 is 0 Å². The smallest absolute Gasteiger partial charge is 0.0956 e. The first-order valence-electron chi connectivity index (χ1n) is 5.59. The molecule has 1 aromatic heterocycles. The van der Waals surface area contributed by atoms with E-state index in [2.05, 4.69) is 27.7 Å². The highest BCUT2D eigenvalue weighted by Gasteiger charge is 2.26. The second-order valence-corrected chi connectivity index (χ2v) is 5.94. The van der Waals surface area contributed by atoms with E-state index in [9.17, 15) is 0 Å². The average molecular weight is 209 g/mol. The van der Waals surface area contributed by atoms with Gasteiger partial charge in [0.15, 0.2) is 0 Å². The summed E-state index contributed by atoms with van der Waals surface area (Å²) in [4.78, 5) is 6.36. The van der Waals surface area contributed by atoms with E-state index in [1.54, 1.807) is 4.88 Å². The molecule has 1 heterocycles. The molecule has 1 nitrogen and oxygen atoms in total. The van der Waals surface area contributed by atoms with Gasteiger partial charge in [0.2, 0.25) is 0 Å². The topological polar surface area (TPSA) is 12.9 Å². The molecule has 78 valence electrons. The average Bonchev–Trinajstić information content (AvgIpc) is 2.56. The van der Waals surface area contributed by atoms with Crippen molar-refractivity contribution < 1.29 is 0 Å². The van der Waals surface area contributed by atoms with Crippen LogP contribution in [0.15, 0.2) is 0 Å². The van der Waals surface area contributed by atoms with Crippen LogP contribution in [-0.4, -0.2) is 4.98 Å². The second kappa shape index (κ2) is 3.65. The summed E-state index contributed by atoms with van der Waals surface area (Å²) in [6, 6.07) is 0. The SMILES string of the molecule is CC(C)c1nc2c(s1)CCC(C)C2C. The largest absolute Gasteiger partial charge is 0.245 e. The number of aromatic nitrogens is 1. The first kappa shape index (κ1) is 10.2.